The molecule has 0 spiro atoms. The molecule has 2 N–H and O–H groups in total. The van der Waals surface area contributed by atoms with E-state index in [1.807, 2.05) is 0 Å². The van der Waals surface area contributed by atoms with E-state index in [0.717, 1.165) is 13.0 Å². The zero-order valence-corrected chi connectivity index (χ0v) is 9.66. The summed E-state index contributed by atoms with van der Waals surface area (Å²) in [7, 11) is 0. The predicted molar refractivity (Wildman–Crippen MR) is 62.1 cm³/mol. The third-order valence-electron chi connectivity index (χ3n) is 2.20. The lowest BCUT2D eigenvalue weighted by Gasteiger charge is -2.03. The van der Waals surface area contributed by atoms with Crippen molar-refractivity contribution in [1.29, 1.82) is 0 Å². The first-order chi connectivity index (χ1) is 7.83. The Morgan fingerprint density at radius 1 is 1.44 bits per heavy atom. The number of nitrogens with one attached hydrogen (secondary N) is 2. The fourth-order valence-corrected chi connectivity index (χ4v) is 1.34. The van der Waals surface area contributed by atoms with E-state index in [1.165, 1.54) is 25.5 Å². The van der Waals surface area contributed by atoms with Crippen LogP contribution in [0.2, 0.25) is 0 Å². The molecule has 0 aliphatic rings. The summed E-state index contributed by atoms with van der Waals surface area (Å²) >= 11 is 0. The van der Waals surface area contributed by atoms with E-state index in [9.17, 15) is 4.79 Å². The highest BCUT2D eigenvalue weighted by Gasteiger charge is 2.02. The van der Waals surface area contributed by atoms with Gasteiger partial charge in [0.05, 0.1) is 6.54 Å². The van der Waals surface area contributed by atoms with Crippen molar-refractivity contribution in [3.63, 3.8) is 0 Å². The monoisotopic (exact) mass is 225 g/mol. The number of carbonyl (C=O) groups excluding carboxylic acids is 1. The maximum Gasteiger partial charge on any atom is 0.239 e. The second-order valence-corrected chi connectivity index (χ2v) is 3.67. The summed E-state index contributed by atoms with van der Waals surface area (Å²) in [5.74, 6) is 0.363. The molecule has 1 rings (SSSR count). The van der Waals surface area contributed by atoms with Crippen molar-refractivity contribution in [3.8, 4) is 0 Å². The van der Waals surface area contributed by atoms with E-state index in [4.69, 9.17) is 0 Å². The minimum absolute atomic E-state index is 0.0932. The molecule has 0 atom stereocenters. The highest BCUT2D eigenvalue weighted by atomic mass is 16.5. The minimum Gasteiger partial charge on any atom is -0.363 e. The van der Waals surface area contributed by atoms with Crippen LogP contribution in [0.25, 0.3) is 0 Å². The number of aromatic nitrogens is 1. The van der Waals surface area contributed by atoms with Crippen LogP contribution in [0.5, 0.6) is 0 Å². The summed E-state index contributed by atoms with van der Waals surface area (Å²) in [4.78, 5) is 11.3. The highest BCUT2D eigenvalue weighted by molar-refractivity contribution is 5.91. The Balaban J connectivity index is 1.98. The molecule has 1 heterocycles. The van der Waals surface area contributed by atoms with Crippen LogP contribution < -0.4 is 10.6 Å². The Morgan fingerprint density at radius 2 is 2.31 bits per heavy atom. The van der Waals surface area contributed by atoms with Gasteiger partial charge in [0.1, 0.15) is 6.26 Å². The Hall–Kier alpha value is -1.36. The largest absolute Gasteiger partial charge is 0.363 e. The summed E-state index contributed by atoms with van der Waals surface area (Å²) in [5.41, 5.74) is 0. The Bertz CT molecular complexity index is 285. The molecule has 1 aromatic rings. The second kappa shape index (κ2) is 7.87. The SMILES string of the molecule is CCCCCCNCC(=O)Nc1ccon1. The van der Waals surface area contributed by atoms with Gasteiger partial charge in [-0.3, -0.25) is 4.79 Å². The van der Waals surface area contributed by atoms with E-state index < -0.39 is 0 Å². The van der Waals surface area contributed by atoms with Crippen LogP contribution in [0.1, 0.15) is 32.6 Å². The van der Waals surface area contributed by atoms with Crippen LogP contribution in [-0.2, 0) is 4.79 Å². The molecule has 16 heavy (non-hydrogen) atoms. The molecule has 0 bridgehead atoms. The number of unbranched alkanes of at least 4 members (excludes halogenated alkanes) is 3. The van der Waals surface area contributed by atoms with Gasteiger partial charge in [-0.25, -0.2) is 0 Å². The first-order valence-electron chi connectivity index (χ1n) is 5.74. The fraction of sp³-hybridized carbons (Fsp3) is 0.636. The van der Waals surface area contributed by atoms with E-state index >= 15 is 0 Å². The molecule has 5 heteroatoms. The number of rotatable bonds is 8. The molecule has 0 saturated heterocycles. The quantitative estimate of drug-likeness (QED) is 0.662. The van der Waals surface area contributed by atoms with Crippen LogP contribution in [0, 0.1) is 0 Å². The van der Waals surface area contributed by atoms with Crippen molar-refractivity contribution in [2.24, 2.45) is 0 Å². The molecule has 0 aromatic carbocycles. The Kier molecular flexibility index (Phi) is 6.25. The van der Waals surface area contributed by atoms with Crippen molar-refractivity contribution in [2.75, 3.05) is 18.4 Å². The average Bonchev–Trinajstić information content (AvgIpc) is 2.76. The van der Waals surface area contributed by atoms with Crippen LogP contribution in [0.4, 0.5) is 5.82 Å². The summed E-state index contributed by atoms with van der Waals surface area (Å²) in [6.07, 6.45) is 6.24. The van der Waals surface area contributed by atoms with Gasteiger partial charge >= 0.3 is 0 Å². The lowest BCUT2D eigenvalue weighted by Crippen LogP contribution is -2.28. The van der Waals surface area contributed by atoms with Gasteiger partial charge in [0, 0.05) is 6.07 Å². The first-order valence-corrected chi connectivity index (χ1v) is 5.74. The first kappa shape index (κ1) is 12.7. The van der Waals surface area contributed by atoms with Gasteiger partial charge in [0.2, 0.25) is 5.91 Å². The fourth-order valence-electron chi connectivity index (χ4n) is 1.34. The van der Waals surface area contributed by atoms with Crippen molar-refractivity contribution in [1.82, 2.24) is 10.5 Å². The zero-order valence-electron chi connectivity index (χ0n) is 9.66. The molecule has 0 aliphatic heterocycles. The van der Waals surface area contributed by atoms with E-state index in [2.05, 4.69) is 27.2 Å². The number of nitrogens with zero attached hydrogens (tertiary/aromatic N) is 1. The zero-order chi connectivity index (χ0) is 11.6. The lowest BCUT2D eigenvalue weighted by atomic mass is 10.2. The molecule has 0 saturated carbocycles. The summed E-state index contributed by atoms with van der Waals surface area (Å²) in [6.45, 7) is 3.38. The maximum atomic E-state index is 11.3. The number of amides is 1. The smallest absolute Gasteiger partial charge is 0.239 e. The molecule has 90 valence electrons. The van der Waals surface area contributed by atoms with Gasteiger partial charge in [-0.2, -0.15) is 0 Å². The van der Waals surface area contributed by atoms with Gasteiger partial charge < -0.3 is 15.2 Å². The van der Waals surface area contributed by atoms with Crippen LogP contribution in [0.15, 0.2) is 16.9 Å². The predicted octanol–water partition coefficient (Wildman–Crippen LogP) is 1.78. The summed E-state index contributed by atoms with van der Waals surface area (Å²) in [5, 5.41) is 9.29. The second-order valence-electron chi connectivity index (χ2n) is 3.67. The average molecular weight is 225 g/mol. The van der Waals surface area contributed by atoms with Gasteiger partial charge in [-0.1, -0.05) is 31.3 Å². The molecule has 0 aliphatic carbocycles. The van der Waals surface area contributed by atoms with E-state index in [-0.39, 0.29) is 5.91 Å². The topological polar surface area (TPSA) is 67.2 Å². The molecule has 0 radical (unpaired) electrons. The summed E-state index contributed by atoms with van der Waals surface area (Å²) < 4.78 is 4.60. The van der Waals surface area contributed by atoms with Crippen LogP contribution in [-0.4, -0.2) is 24.2 Å². The van der Waals surface area contributed by atoms with Crippen LogP contribution >= 0.6 is 0 Å². The van der Waals surface area contributed by atoms with E-state index in [0.29, 0.717) is 12.4 Å². The molecule has 1 amide bonds. The Labute approximate surface area is 95.6 Å². The molecular formula is C11H19N3O2. The lowest BCUT2D eigenvalue weighted by molar-refractivity contribution is -0.115. The standard InChI is InChI=1S/C11H19N3O2/c1-2-3-4-5-7-12-9-11(15)13-10-6-8-16-14-10/h6,8,12H,2-5,7,9H2,1H3,(H,13,14,15). The molecule has 0 unspecified atom stereocenters. The Morgan fingerprint density at radius 3 is 3.00 bits per heavy atom. The van der Waals surface area contributed by atoms with Crippen LogP contribution in [0.3, 0.4) is 0 Å². The molecular weight excluding hydrogens is 206 g/mol. The van der Waals surface area contributed by atoms with Crippen molar-refractivity contribution >= 4 is 11.7 Å². The minimum atomic E-state index is -0.0932. The van der Waals surface area contributed by atoms with Gasteiger partial charge in [0.15, 0.2) is 5.82 Å². The number of hydrogen-bond donors (Lipinski definition) is 2. The summed E-state index contributed by atoms with van der Waals surface area (Å²) in [6, 6.07) is 1.61. The molecule has 1 aromatic heterocycles. The van der Waals surface area contributed by atoms with Gasteiger partial charge in [0.25, 0.3) is 0 Å². The highest BCUT2D eigenvalue weighted by Crippen LogP contribution is 2.00. The third-order valence-corrected chi connectivity index (χ3v) is 2.20. The number of hydrogen-bond acceptors (Lipinski definition) is 4. The number of anilines is 1. The maximum absolute atomic E-state index is 11.3. The van der Waals surface area contributed by atoms with Crippen molar-refractivity contribution < 1.29 is 9.32 Å². The molecule has 0 fully saturated rings. The van der Waals surface area contributed by atoms with E-state index in [1.54, 1.807) is 6.07 Å². The van der Waals surface area contributed by atoms with Crippen molar-refractivity contribution in [3.05, 3.63) is 12.3 Å². The molecule has 5 nitrogen and oxygen atoms in total. The van der Waals surface area contributed by atoms with Gasteiger partial charge in [-0.05, 0) is 13.0 Å². The normalized spacial score (nSPS) is 10.3. The van der Waals surface area contributed by atoms with Gasteiger partial charge in [-0.15, -0.1) is 0 Å². The number of carbonyl (C=O) groups is 1. The third kappa shape index (κ3) is 5.50. The van der Waals surface area contributed by atoms with Crippen molar-refractivity contribution in [2.45, 2.75) is 32.6 Å².